The van der Waals surface area contributed by atoms with Gasteiger partial charge in [-0.2, -0.15) is 0 Å². The van der Waals surface area contributed by atoms with E-state index in [1.165, 1.54) is 10.8 Å². The molecule has 0 bridgehead atoms. The Labute approximate surface area is 183 Å². The van der Waals surface area contributed by atoms with Crippen molar-refractivity contribution in [2.75, 3.05) is 6.54 Å². The van der Waals surface area contributed by atoms with Crippen molar-refractivity contribution in [1.29, 1.82) is 0 Å². The minimum Gasteiger partial charge on any atom is -0.489 e. The number of hydrogen-bond acceptors (Lipinski definition) is 3. The molecule has 0 fully saturated rings. The summed E-state index contributed by atoms with van der Waals surface area (Å²) in [5.74, 6) is 0.870. The molecule has 0 amide bonds. The summed E-state index contributed by atoms with van der Waals surface area (Å²) in [6.07, 6.45) is -0.542. The van der Waals surface area contributed by atoms with Crippen molar-refractivity contribution in [1.82, 2.24) is 5.32 Å². The zero-order chi connectivity index (χ0) is 19.9. The van der Waals surface area contributed by atoms with Gasteiger partial charge < -0.3 is 15.2 Å². The average molecular weight is 420 g/mol. The fourth-order valence-corrected chi connectivity index (χ4v) is 3.50. The first-order chi connectivity index (χ1) is 14.3. The summed E-state index contributed by atoms with van der Waals surface area (Å²) >= 11 is 0. The summed E-state index contributed by atoms with van der Waals surface area (Å²) in [6, 6.07) is 32.4. The lowest BCUT2D eigenvalue weighted by Gasteiger charge is -2.17. The van der Waals surface area contributed by atoms with Gasteiger partial charge in [-0.05, 0) is 28.0 Å². The molecule has 3 nitrogen and oxygen atoms in total. The third kappa shape index (κ3) is 5.39. The first-order valence-corrected chi connectivity index (χ1v) is 9.92. The summed E-state index contributed by atoms with van der Waals surface area (Å²) in [7, 11) is 0. The van der Waals surface area contributed by atoms with Gasteiger partial charge in [0.1, 0.15) is 12.4 Å². The molecule has 4 aromatic carbocycles. The predicted molar refractivity (Wildman–Crippen MR) is 125 cm³/mol. The topological polar surface area (TPSA) is 41.5 Å². The molecule has 0 aliphatic heterocycles. The summed E-state index contributed by atoms with van der Waals surface area (Å²) in [6.45, 7) is 1.62. The first-order valence-electron chi connectivity index (χ1n) is 9.92. The Balaban J connectivity index is 0.00000256. The van der Waals surface area contributed by atoms with Crippen LogP contribution in [0, 0.1) is 0 Å². The molecule has 1 unspecified atom stereocenters. The van der Waals surface area contributed by atoms with Crippen molar-refractivity contribution in [3.8, 4) is 5.75 Å². The Bertz CT molecular complexity index is 1050. The van der Waals surface area contributed by atoms with Gasteiger partial charge in [0.15, 0.2) is 0 Å². The first kappa shape index (κ1) is 21.8. The van der Waals surface area contributed by atoms with Gasteiger partial charge in [-0.15, -0.1) is 12.4 Å². The van der Waals surface area contributed by atoms with Crippen LogP contribution >= 0.6 is 12.4 Å². The van der Waals surface area contributed by atoms with E-state index < -0.39 is 6.10 Å². The van der Waals surface area contributed by atoms with E-state index in [2.05, 4.69) is 35.6 Å². The summed E-state index contributed by atoms with van der Waals surface area (Å²) in [4.78, 5) is 0. The smallest absolute Gasteiger partial charge is 0.124 e. The van der Waals surface area contributed by atoms with E-state index >= 15 is 0 Å². The van der Waals surface area contributed by atoms with Crippen LogP contribution in [0.1, 0.15) is 22.8 Å². The third-order valence-electron chi connectivity index (χ3n) is 5.06. The van der Waals surface area contributed by atoms with Crippen LogP contribution in [0.25, 0.3) is 10.8 Å². The highest BCUT2D eigenvalue weighted by Gasteiger charge is 2.11. The maximum absolute atomic E-state index is 10.4. The van der Waals surface area contributed by atoms with Gasteiger partial charge in [-0.25, -0.2) is 0 Å². The van der Waals surface area contributed by atoms with Crippen molar-refractivity contribution in [3.63, 3.8) is 0 Å². The number of aliphatic hydroxyl groups is 1. The van der Waals surface area contributed by atoms with E-state index in [9.17, 15) is 5.11 Å². The van der Waals surface area contributed by atoms with Crippen LogP contribution in [0.5, 0.6) is 5.75 Å². The van der Waals surface area contributed by atoms with Crippen molar-refractivity contribution in [2.24, 2.45) is 0 Å². The largest absolute Gasteiger partial charge is 0.489 e. The molecule has 30 heavy (non-hydrogen) atoms. The normalized spacial score (nSPS) is 11.6. The van der Waals surface area contributed by atoms with E-state index in [-0.39, 0.29) is 12.4 Å². The summed E-state index contributed by atoms with van der Waals surface area (Å²) < 4.78 is 6.17. The standard InChI is InChI=1S/C26H25NO2.ClH/c28-25(22-12-5-2-6-13-22)18-27-17-24-23-14-8-7-11-21(23)15-16-26(24)29-19-20-9-3-1-4-10-20;/h1-16,25,27-28H,17-19H2;1H. The molecule has 0 heterocycles. The summed E-state index contributed by atoms with van der Waals surface area (Å²) in [5.41, 5.74) is 3.16. The highest BCUT2D eigenvalue weighted by Crippen LogP contribution is 2.29. The Morgan fingerprint density at radius 1 is 0.767 bits per heavy atom. The average Bonchev–Trinajstić information content (AvgIpc) is 2.79. The summed E-state index contributed by atoms with van der Waals surface area (Å²) in [5, 5.41) is 16.2. The van der Waals surface area contributed by atoms with Crippen LogP contribution in [0.4, 0.5) is 0 Å². The van der Waals surface area contributed by atoms with Crippen LogP contribution < -0.4 is 10.1 Å². The van der Waals surface area contributed by atoms with E-state index in [0.717, 1.165) is 22.4 Å². The minimum atomic E-state index is -0.542. The molecule has 0 aliphatic rings. The van der Waals surface area contributed by atoms with E-state index in [0.29, 0.717) is 19.7 Å². The third-order valence-corrected chi connectivity index (χ3v) is 5.06. The fourth-order valence-electron chi connectivity index (χ4n) is 3.50. The molecule has 0 saturated heterocycles. The van der Waals surface area contributed by atoms with Gasteiger partial charge in [0.2, 0.25) is 0 Å². The molecular formula is C26H26ClNO2. The number of aliphatic hydroxyl groups excluding tert-OH is 1. The molecule has 0 saturated carbocycles. The zero-order valence-electron chi connectivity index (χ0n) is 16.7. The zero-order valence-corrected chi connectivity index (χ0v) is 17.5. The molecule has 0 spiro atoms. The van der Waals surface area contributed by atoms with Gasteiger partial charge in [-0.3, -0.25) is 0 Å². The monoisotopic (exact) mass is 419 g/mol. The predicted octanol–water partition coefficient (Wildman–Crippen LogP) is 5.66. The van der Waals surface area contributed by atoms with Crippen LogP contribution in [-0.2, 0) is 13.2 Å². The Kier molecular flexibility index (Phi) is 7.86. The molecule has 0 aromatic heterocycles. The van der Waals surface area contributed by atoms with E-state index in [4.69, 9.17) is 4.74 Å². The molecule has 0 radical (unpaired) electrons. The van der Waals surface area contributed by atoms with Crippen LogP contribution in [0.15, 0.2) is 97.1 Å². The van der Waals surface area contributed by atoms with Crippen LogP contribution in [0.2, 0.25) is 0 Å². The van der Waals surface area contributed by atoms with Crippen molar-refractivity contribution >= 4 is 23.2 Å². The minimum absolute atomic E-state index is 0. The lowest BCUT2D eigenvalue weighted by molar-refractivity contribution is 0.174. The Morgan fingerprint density at radius 3 is 2.20 bits per heavy atom. The SMILES string of the molecule is Cl.OC(CNCc1c(OCc2ccccc2)ccc2ccccc12)c1ccccc1. The number of ether oxygens (including phenoxy) is 1. The number of benzene rings is 4. The second-order valence-electron chi connectivity index (χ2n) is 7.10. The molecule has 0 aliphatic carbocycles. The van der Waals surface area contributed by atoms with E-state index in [1.54, 1.807) is 0 Å². The quantitative estimate of drug-likeness (QED) is 0.387. The molecule has 154 valence electrons. The Morgan fingerprint density at radius 2 is 1.43 bits per heavy atom. The molecule has 1 atom stereocenters. The number of fused-ring (bicyclic) bond motifs is 1. The van der Waals surface area contributed by atoms with Gasteiger partial charge in [0.25, 0.3) is 0 Å². The lowest BCUT2D eigenvalue weighted by atomic mass is 10.0. The maximum atomic E-state index is 10.4. The van der Waals surface area contributed by atoms with Gasteiger partial charge >= 0.3 is 0 Å². The van der Waals surface area contributed by atoms with Gasteiger partial charge in [0.05, 0.1) is 6.10 Å². The van der Waals surface area contributed by atoms with Crippen molar-refractivity contribution in [3.05, 3.63) is 114 Å². The second-order valence-corrected chi connectivity index (χ2v) is 7.10. The number of nitrogens with one attached hydrogen (secondary N) is 1. The molecule has 4 heteroatoms. The Hall–Kier alpha value is -2.85. The van der Waals surface area contributed by atoms with Gasteiger partial charge in [-0.1, -0.05) is 91.0 Å². The molecule has 4 aromatic rings. The number of hydrogen-bond donors (Lipinski definition) is 2. The van der Waals surface area contributed by atoms with Crippen molar-refractivity contribution in [2.45, 2.75) is 19.3 Å². The maximum Gasteiger partial charge on any atom is 0.124 e. The lowest BCUT2D eigenvalue weighted by Crippen LogP contribution is -2.21. The van der Waals surface area contributed by atoms with E-state index in [1.807, 2.05) is 66.7 Å². The van der Waals surface area contributed by atoms with Crippen molar-refractivity contribution < 1.29 is 9.84 Å². The molecular weight excluding hydrogens is 394 g/mol. The molecule has 4 rings (SSSR count). The molecule has 2 N–H and O–H groups in total. The highest BCUT2D eigenvalue weighted by atomic mass is 35.5. The van der Waals surface area contributed by atoms with Gasteiger partial charge in [0, 0.05) is 18.7 Å². The van der Waals surface area contributed by atoms with Crippen LogP contribution in [-0.4, -0.2) is 11.7 Å². The van der Waals surface area contributed by atoms with Crippen LogP contribution in [0.3, 0.4) is 0 Å². The number of rotatable bonds is 8. The number of halogens is 1. The second kappa shape index (κ2) is 10.8. The fraction of sp³-hybridized carbons (Fsp3) is 0.154. The highest BCUT2D eigenvalue weighted by molar-refractivity contribution is 5.87.